The number of benzene rings is 1. The number of anilines is 1. The highest BCUT2D eigenvalue weighted by atomic mass is 19.1. The van der Waals surface area contributed by atoms with Gasteiger partial charge >= 0.3 is 0 Å². The molecule has 0 radical (unpaired) electrons. The molecule has 3 aromatic rings. The summed E-state index contributed by atoms with van der Waals surface area (Å²) in [6.45, 7) is 0. The van der Waals surface area contributed by atoms with Gasteiger partial charge < -0.3 is 10.7 Å². The quantitative estimate of drug-likeness (QED) is 0.693. The van der Waals surface area contributed by atoms with Gasteiger partial charge in [0.1, 0.15) is 17.2 Å². The normalized spacial score (nSPS) is 11.0. The molecule has 1 aromatic carbocycles. The molecule has 0 spiro atoms. The molecule has 6 heteroatoms. The lowest BCUT2D eigenvalue weighted by Gasteiger charge is -1.99. The second-order valence-electron chi connectivity index (χ2n) is 3.83. The zero-order chi connectivity index (χ0) is 12.7. The highest BCUT2D eigenvalue weighted by Gasteiger charge is 2.12. The van der Waals surface area contributed by atoms with Crippen molar-refractivity contribution in [3.05, 3.63) is 42.2 Å². The van der Waals surface area contributed by atoms with Crippen LogP contribution in [0.2, 0.25) is 0 Å². The molecule has 0 aliphatic rings. The van der Waals surface area contributed by atoms with Crippen LogP contribution >= 0.6 is 0 Å². The number of aromatic nitrogens is 3. The van der Waals surface area contributed by atoms with E-state index < -0.39 is 11.6 Å². The number of nitrogens with zero attached hydrogens (tertiary/aromatic N) is 2. The molecule has 90 valence electrons. The minimum Gasteiger partial charge on any atom is -0.397 e. The minimum atomic E-state index is -0.708. The maximum absolute atomic E-state index is 13.5. The SMILES string of the molecule is Nc1cnccc1-c1nc2c(F)cc(F)cc2[nH]1. The number of rotatable bonds is 1. The van der Waals surface area contributed by atoms with Crippen LogP contribution in [0.25, 0.3) is 22.4 Å². The number of hydrogen-bond acceptors (Lipinski definition) is 3. The van der Waals surface area contributed by atoms with E-state index in [9.17, 15) is 8.78 Å². The van der Waals surface area contributed by atoms with Gasteiger partial charge in [0.2, 0.25) is 0 Å². The van der Waals surface area contributed by atoms with E-state index in [0.717, 1.165) is 6.07 Å². The van der Waals surface area contributed by atoms with Crippen molar-refractivity contribution in [2.24, 2.45) is 0 Å². The van der Waals surface area contributed by atoms with Gasteiger partial charge in [-0.25, -0.2) is 13.8 Å². The number of nitrogens with two attached hydrogens (primary N) is 1. The van der Waals surface area contributed by atoms with Crippen molar-refractivity contribution in [2.45, 2.75) is 0 Å². The number of hydrogen-bond donors (Lipinski definition) is 2. The summed E-state index contributed by atoms with van der Waals surface area (Å²) in [5, 5.41) is 0. The summed E-state index contributed by atoms with van der Waals surface area (Å²) in [6.07, 6.45) is 3.02. The monoisotopic (exact) mass is 246 g/mol. The lowest BCUT2D eigenvalue weighted by Crippen LogP contribution is -1.91. The predicted octanol–water partition coefficient (Wildman–Crippen LogP) is 2.49. The standard InChI is InChI=1S/C12H8F2N4/c13-6-3-8(14)11-10(4-6)17-12(18-11)7-1-2-16-5-9(7)15/h1-5H,15H2,(H,17,18). The fourth-order valence-electron chi connectivity index (χ4n) is 1.79. The van der Waals surface area contributed by atoms with Crippen LogP contribution in [0.4, 0.5) is 14.5 Å². The number of fused-ring (bicyclic) bond motifs is 1. The molecule has 2 aromatic heterocycles. The Bertz CT molecular complexity index is 736. The molecule has 0 unspecified atom stereocenters. The Morgan fingerprint density at radius 3 is 2.83 bits per heavy atom. The third-order valence-electron chi connectivity index (χ3n) is 2.61. The summed E-state index contributed by atoms with van der Waals surface area (Å²) in [5.74, 6) is -0.979. The third-order valence-corrected chi connectivity index (χ3v) is 2.61. The first-order valence-corrected chi connectivity index (χ1v) is 5.20. The van der Waals surface area contributed by atoms with Gasteiger partial charge in [0.15, 0.2) is 5.82 Å². The van der Waals surface area contributed by atoms with Crippen molar-refractivity contribution in [1.82, 2.24) is 15.0 Å². The lowest BCUT2D eigenvalue weighted by molar-refractivity contribution is 0.591. The van der Waals surface area contributed by atoms with Crippen molar-refractivity contribution in [3.63, 3.8) is 0 Å². The Hall–Kier alpha value is -2.50. The van der Waals surface area contributed by atoms with Crippen molar-refractivity contribution < 1.29 is 8.78 Å². The van der Waals surface area contributed by atoms with Crippen molar-refractivity contribution in [3.8, 4) is 11.4 Å². The van der Waals surface area contributed by atoms with E-state index in [-0.39, 0.29) is 5.52 Å². The summed E-state index contributed by atoms with van der Waals surface area (Å²) in [6, 6.07) is 3.64. The molecule has 0 atom stereocenters. The van der Waals surface area contributed by atoms with E-state index in [4.69, 9.17) is 5.73 Å². The Morgan fingerprint density at radius 2 is 2.06 bits per heavy atom. The van der Waals surface area contributed by atoms with Gasteiger partial charge in [0.05, 0.1) is 17.4 Å². The van der Waals surface area contributed by atoms with Gasteiger partial charge in [0, 0.05) is 17.8 Å². The van der Waals surface area contributed by atoms with Crippen LogP contribution in [0.5, 0.6) is 0 Å². The molecule has 2 heterocycles. The fraction of sp³-hybridized carbons (Fsp3) is 0. The number of aromatic amines is 1. The molecule has 3 N–H and O–H groups in total. The van der Waals surface area contributed by atoms with E-state index in [1.165, 1.54) is 12.3 Å². The van der Waals surface area contributed by atoms with Crippen LogP contribution < -0.4 is 5.73 Å². The zero-order valence-electron chi connectivity index (χ0n) is 9.11. The van der Waals surface area contributed by atoms with Crippen LogP contribution in [0.15, 0.2) is 30.6 Å². The van der Waals surface area contributed by atoms with Crippen molar-refractivity contribution in [1.29, 1.82) is 0 Å². The van der Waals surface area contributed by atoms with Crippen LogP contribution in [-0.2, 0) is 0 Å². The van der Waals surface area contributed by atoms with Gasteiger partial charge in [-0.15, -0.1) is 0 Å². The summed E-state index contributed by atoms with van der Waals surface area (Å²) in [4.78, 5) is 10.8. The van der Waals surface area contributed by atoms with Crippen LogP contribution in [0.1, 0.15) is 0 Å². The summed E-state index contributed by atoms with van der Waals surface area (Å²) in [7, 11) is 0. The number of nitrogens with one attached hydrogen (secondary N) is 1. The first-order chi connectivity index (χ1) is 8.65. The molecule has 0 saturated carbocycles. The van der Waals surface area contributed by atoms with E-state index in [1.807, 2.05) is 0 Å². The maximum Gasteiger partial charge on any atom is 0.153 e. The Labute approximate surface area is 100 Å². The third kappa shape index (κ3) is 1.58. The predicted molar refractivity (Wildman–Crippen MR) is 63.7 cm³/mol. The fourth-order valence-corrected chi connectivity index (χ4v) is 1.79. The topological polar surface area (TPSA) is 67.6 Å². The van der Waals surface area contributed by atoms with Crippen LogP contribution in [0.3, 0.4) is 0 Å². The number of H-pyrrole nitrogens is 1. The van der Waals surface area contributed by atoms with Gasteiger partial charge in [-0.2, -0.15) is 0 Å². The number of halogens is 2. The molecule has 4 nitrogen and oxygen atoms in total. The van der Waals surface area contributed by atoms with Crippen LogP contribution in [-0.4, -0.2) is 15.0 Å². The van der Waals surface area contributed by atoms with Gasteiger partial charge in [-0.05, 0) is 12.1 Å². The van der Waals surface area contributed by atoms with E-state index in [2.05, 4.69) is 15.0 Å². The number of nitrogen functional groups attached to an aromatic ring is 1. The molecular formula is C12H8F2N4. The van der Waals surface area contributed by atoms with Crippen molar-refractivity contribution >= 4 is 16.7 Å². The average Bonchev–Trinajstić information content (AvgIpc) is 2.73. The van der Waals surface area contributed by atoms with Gasteiger partial charge in [-0.3, -0.25) is 4.98 Å². The molecule has 0 fully saturated rings. The van der Waals surface area contributed by atoms with Crippen molar-refractivity contribution in [2.75, 3.05) is 5.73 Å². The largest absolute Gasteiger partial charge is 0.397 e. The smallest absolute Gasteiger partial charge is 0.153 e. The zero-order valence-corrected chi connectivity index (χ0v) is 9.11. The second kappa shape index (κ2) is 3.76. The molecule has 0 aliphatic heterocycles. The first kappa shape index (κ1) is 10.6. The van der Waals surface area contributed by atoms with Gasteiger partial charge in [0.25, 0.3) is 0 Å². The number of imidazole rings is 1. The molecule has 0 saturated heterocycles. The second-order valence-corrected chi connectivity index (χ2v) is 3.83. The molecule has 18 heavy (non-hydrogen) atoms. The molecule has 0 amide bonds. The highest BCUT2D eigenvalue weighted by molar-refractivity contribution is 5.82. The summed E-state index contributed by atoms with van der Waals surface area (Å²) < 4.78 is 26.6. The minimum absolute atomic E-state index is 0.0858. The average molecular weight is 246 g/mol. The van der Waals surface area contributed by atoms with Crippen LogP contribution in [0, 0.1) is 11.6 Å². The lowest BCUT2D eigenvalue weighted by atomic mass is 10.2. The van der Waals surface area contributed by atoms with Gasteiger partial charge in [-0.1, -0.05) is 0 Å². The first-order valence-electron chi connectivity index (χ1n) is 5.20. The van der Waals surface area contributed by atoms with E-state index in [0.29, 0.717) is 22.6 Å². The number of pyridine rings is 1. The van der Waals surface area contributed by atoms with E-state index >= 15 is 0 Å². The molecule has 0 aliphatic carbocycles. The Morgan fingerprint density at radius 1 is 1.22 bits per heavy atom. The molecule has 0 bridgehead atoms. The summed E-state index contributed by atoms with van der Waals surface area (Å²) >= 11 is 0. The molecular weight excluding hydrogens is 238 g/mol. The summed E-state index contributed by atoms with van der Waals surface area (Å²) in [5.41, 5.74) is 7.14. The highest BCUT2D eigenvalue weighted by Crippen LogP contribution is 2.26. The van der Waals surface area contributed by atoms with E-state index in [1.54, 1.807) is 12.3 Å². The maximum atomic E-state index is 13.5. The Balaban J connectivity index is 2.26. The molecule has 3 rings (SSSR count). The Kier molecular flexibility index (Phi) is 2.22.